The molecule has 2 saturated heterocycles. The fraction of sp³-hybridized carbons (Fsp3) is 0.556. The maximum atomic E-state index is 13.0. The summed E-state index contributed by atoms with van der Waals surface area (Å²) in [7, 11) is 0. The van der Waals surface area contributed by atoms with Crippen LogP contribution in [0.4, 0.5) is 13.2 Å². The topological polar surface area (TPSA) is 73.6 Å². The molecule has 0 amide bonds. The number of fused-ring (bicyclic) bond motifs is 3. The van der Waals surface area contributed by atoms with Gasteiger partial charge in [0.1, 0.15) is 17.4 Å². The number of carboxylic acid groups (broad SMARTS) is 1. The predicted octanol–water partition coefficient (Wildman–Crippen LogP) is 6.04. The molecule has 5 rings (SSSR count). The standard InChI is InChI=1S/C27H29F3N2O3/c28-27(29,30)19-4-8-22(9-5-19)35-25-10-3-17-2-1-16(11-23(17)24(25)14-31)15-32-20-6-7-21(32)13-18(12-20)26(33)34/h1-3,10-11,18-22H,4-9,12-13,15H2,(H,33,34). The van der Waals surface area contributed by atoms with E-state index in [1.54, 1.807) is 6.07 Å². The Labute approximate surface area is 202 Å². The lowest BCUT2D eigenvalue weighted by molar-refractivity contribution is -0.185. The van der Waals surface area contributed by atoms with E-state index in [1.165, 1.54) is 0 Å². The molecule has 2 unspecified atom stereocenters. The smallest absolute Gasteiger partial charge is 0.391 e. The van der Waals surface area contributed by atoms with E-state index in [0.29, 0.717) is 43.5 Å². The minimum absolute atomic E-state index is 0.0503. The number of aliphatic carboxylic acids is 1. The van der Waals surface area contributed by atoms with E-state index in [0.717, 1.165) is 29.2 Å². The zero-order valence-electron chi connectivity index (χ0n) is 19.4. The van der Waals surface area contributed by atoms with Gasteiger partial charge in [0.15, 0.2) is 0 Å². The number of carboxylic acids is 1. The number of hydrogen-bond donors (Lipinski definition) is 1. The van der Waals surface area contributed by atoms with Gasteiger partial charge in [-0.25, -0.2) is 0 Å². The third kappa shape index (κ3) is 4.84. The van der Waals surface area contributed by atoms with Crippen LogP contribution >= 0.6 is 0 Å². The number of hydrogen-bond acceptors (Lipinski definition) is 4. The minimum atomic E-state index is -4.16. The molecule has 1 aliphatic carbocycles. The average Bonchev–Trinajstić information content (AvgIpc) is 3.04. The van der Waals surface area contributed by atoms with Gasteiger partial charge in [-0.2, -0.15) is 18.4 Å². The molecule has 1 N–H and O–H groups in total. The van der Waals surface area contributed by atoms with Crippen LogP contribution in [0.3, 0.4) is 0 Å². The largest absolute Gasteiger partial charge is 0.489 e. The van der Waals surface area contributed by atoms with Gasteiger partial charge in [0.2, 0.25) is 0 Å². The van der Waals surface area contributed by atoms with E-state index in [2.05, 4.69) is 11.0 Å². The normalized spacial score (nSPS) is 29.1. The summed E-state index contributed by atoms with van der Waals surface area (Å²) in [5, 5.41) is 21.1. The highest BCUT2D eigenvalue weighted by Crippen LogP contribution is 2.41. The van der Waals surface area contributed by atoms with Gasteiger partial charge in [-0.1, -0.05) is 18.2 Å². The number of carbonyl (C=O) groups is 1. The average molecular weight is 487 g/mol. The first-order valence-corrected chi connectivity index (χ1v) is 12.4. The van der Waals surface area contributed by atoms with Crippen LogP contribution in [0.15, 0.2) is 30.3 Å². The molecule has 2 aromatic carbocycles. The summed E-state index contributed by atoms with van der Waals surface area (Å²) in [4.78, 5) is 13.9. The Morgan fingerprint density at radius 3 is 2.31 bits per heavy atom. The molecule has 0 spiro atoms. The van der Waals surface area contributed by atoms with Crippen LogP contribution < -0.4 is 4.74 Å². The van der Waals surface area contributed by atoms with Gasteiger partial charge < -0.3 is 9.84 Å². The molecule has 2 heterocycles. The lowest BCUT2D eigenvalue weighted by Gasteiger charge is -2.37. The molecular formula is C27H29F3N2O3. The molecular weight excluding hydrogens is 457 g/mol. The summed E-state index contributed by atoms with van der Waals surface area (Å²) in [5.41, 5.74) is 1.47. The van der Waals surface area contributed by atoms with Crippen molar-refractivity contribution in [1.29, 1.82) is 5.26 Å². The maximum absolute atomic E-state index is 13.0. The molecule has 1 saturated carbocycles. The first-order valence-electron chi connectivity index (χ1n) is 12.4. The Hall–Kier alpha value is -2.79. The van der Waals surface area contributed by atoms with Gasteiger partial charge in [0.25, 0.3) is 0 Å². The highest BCUT2D eigenvalue weighted by atomic mass is 19.4. The number of alkyl halides is 3. The Kier molecular flexibility index (Phi) is 6.39. The lowest BCUT2D eigenvalue weighted by Crippen LogP contribution is -2.44. The van der Waals surface area contributed by atoms with Crippen LogP contribution in [-0.4, -0.2) is 40.3 Å². The first-order chi connectivity index (χ1) is 16.7. The Balaban J connectivity index is 1.33. The summed E-state index contributed by atoms with van der Waals surface area (Å²) >= 11 is 0. The monoisotopic (exact) mass is 486 g/mol. The molecule has 3 aliphatic rings. The van der Waals surface area contributed by atoms with Crippen molar-refractivity contribution in [2.24, 2.45) is 11.8 Å². The van der Waals surface area contributed by atoms with Crippen LogP contribution in [0.25, 0.3) is 10.8 Å². The second-order valence-electron chi connectivity index (χ2n) is 10.3. The molecule has 0 aromatic heterocycles. The molecule has 2 atom stereocenters. The number of halogens is 3. The van der Waals surface area contributed by atoms with Crippen molar-refractivity contribution in [3.8, 4) is 11.8 Å². The highest BCUT2D eigenvalue weighted by Gasteiger charge is 2.43. The van der Waals surface area contributed by atoms with E-state index < -0.39 is 18.1 Å². The van der Waals surface area contributed by atoms with Crippen LogP contribution in [0.2, 0.25) is 0 Å². The molecule has 2 aromatic rings. The molecule has 3 fully saturated rings. The molecule has 2 aliphatic heterocycles. The van der Waals surface area contributed by atoms with Gasteiger partial charge in [0, 0.05) is 24.0 Å². The number of piperidine rings is 1. The summed E-state index contributed by atoms with van der Waals surface area (Å²) in [6.07, 6.45) is -0.361. The second-order valence-corrected chi connectivity index (χ2v) is 10.3. The summed E-state index contributed by atoms with van der Waals surface area (Å²) in [6, 6.07) is 12.5. The van der Waals surface area contributed by atoms with Crippen molar-refractivity contribution in [3.05, 3.63) is 41.5 Å². The number of rotatable bonds is 5. The van der Waals surface area contributed by atoms with Gasteiger partial charge in [-0.3, -0.25) is 9.69 Å². The highest BCUT2D eigenvalue weighted by molar-refractivity contribution is 5.90. The van der Waals surface area contributed by atoms with Crippen LogP contribution in [-0.2, 0) is 11.3 Å². The van der Waals surface area contributed by atoms with Crippen molar-refractivity contribution in [1.82, 2.24) is 4.90 Å². The Morgan fingerprint density at radius 1 is 1.06 bits per heavy atom. The summed E-state index contributed by atoms with van der Waals surface area (Å²) in [6.45, 7) is 0.703. The molecule has 35 heavy (non-hydrogen) atoms. The van der Waals surface area contributed by atoms with Crippen molar-refractivity contribution in [3.63, 3.8) is 0 Å². The van der Waals surface area contributed by atoms with Crippen molar-refractivity contribution in [2.45, 2.75) is 82.3 Å². The van der Waals surface area contributed by atoms with E-state index >= 15 is 0 Å². The first kappa shape index (κ1) is 23.9. The zero-order valence-corrected chi connectivity index (χ0v) is 19.4. The predicted molar refractivity (Wildman–Crippen MR) is 124 cm³/mol. The number of nitrogens with zero attached hydrogens (tertiary/aromatic N) is 2. The quantitative estimate of drug-likeness (QED) is 0.558. The fourth-order valence-electron chi connectivity index (χ4n) is 6.29. The van der Waals surface area contributed by atoms with Crippen LogP contribution in [0.1, 0.15) is 62.5 Å². The van der Waals surface area contributed by atoms with E-state index in [-0.39, 0.29) is 36.9 Å². The van der Waals surface area contributed by atoms with E-state index in [4.69, 9.17) is 4.74 Å². The summed E-state index contributed by atoms with van der Waals surface area (Å²) in [5.74, 6) is -1.82. The van der Waals surface area contributed by atoms with Gasteiger partial charge >= 0.3 is 12.1 Å². The Morgan fingerprint density at radius 2 is 1.71 bits per heavy atom. The molecule has 2 bridgehead atoms. The van der Waals surface area contributed by atoms with Gasteiger partial charge in [0.05, 0.1) is 17.9 Å². The van der Waals surface area contributed by atoms with Gasteiger partial charge in [-0.15, -0.1) is 0 Å². The summed E-state index contributed by atoms with van der Waals surface area (Å²) < 4.78 is 45.0. The molecule has 8 heteroatoms. The third-order valence-corrected chi connectivity index (χ3v) is 8.19. The Bertz CT molecular complexity index is 1140. The van der Waals surface area contributed by atoms with Crippen molar-refractivity contribution < 1.29 is 27.8 Å². The zero-order chi connectivity index (χ0) is 24.7. The minimum Gasteiger partial charge on any atom is -0.489 e. The lowest BCUT2D eigenvalue weighted by atomic mass is 9.87. The van der Waals surface area contributed by atoms with Crippen LogP contribution in [0, 0.1) is 23.2 Å². The van der Waals surface area contributed by atoms with Gasteiger partial charge in [-0.05, 0) is 74.4 Å². The van der Waals surface area contributed by atoms with Crippen molar-refractivity contribution in [2.75, 3.05) is 0 Å². The van der Waals surface area contributed by atoms with E-state index in [9.17, 15) is 28.3 Å². The SMILES string of the molecule is N#Cc1c(OC2CCC(C(F)(F)F)CC2)ccc2ccc(CN3C4CCC3CC(C(=O)O)C4)cc12. The van der Waals surface area contributed by atoms with Crippen LogP contribution in [0.5, 0.6) is 5.75 Å². The molecule has 0 radical (unpaired) electrons. The fourth-order valence-corrected chi connectivity index (χ4v) is 6.29. The number of nitriles is 1. The molecule has 5 nitrogen and oxygen atoms in total. The second kappa shape index (κ2) is 9.34. The number of benzene rings is 2. The van der Waals surface area contributed by atoms with Crippen molar-refractivity contribution >= 4 is 16.7 Å². The number of ether oxygens (including phenoxy) is 1. The van der Waals surface area contributed by atoms with E-state index in [1.807, 2.05) is 24.3 Å². The maximum Gasteiger partial charge on any atom is 0.391 e. The molecule has 186 valence electrons. The third-order valence-electron chi connectivity index (χ3n) is 8.19.